The first-order valence-electron chi connectivity index (χ1n) is 9.87. The quantitative estimate of drug-likeness (QED) is 0.250. The monoisotopic (exact) mass is 410 g/mol. The summed E-state index contributed by atoms with van der Waals surface area (Å²) in [7, 11) is 1.64. The van der Waals surface area contributed by atoms with Crippen molar-refractivity contribution in [1.29, 1.82) is 0 Å². The van der Waals surface area contributed by atoms with Crippen LogP contribution in [0.25, 0.3) is 0 Å². The van der Waals surface area contributed by atoms with Crippen LogP contribution >= 0.6 is 0 Å². The van der Waals surface area contributed by atoms with Gasteiger partial charge >= 0.3 is 5.97 Å². The summed E-state index contributed by atoms with van der Waals surface area (Å²) in [5.74, 6) is -0.770. The van der Waals surface area contributed by atoms with Crippen LogP contribution in [0.5, 0.6) is 0 Å². The van der Waals surface area contributed by atoms with E-state index in [9.17, 15) is 4.79 Å². The summed E-state index contributed by atoms with van der Waals surface area (Å²) < 4.78 is 37.2. The van der Waals surface area contributed by atoms with Gasteiger partial charge in [-0.2, -0.15) is 0 Å². The van der Waals surface area contributed by atoms with Crippen LogP contribution in [0.2, 0.25) is 0 Å². The Balaban J connectivity index is 3.09. The van der Waals surface area contributed by atoms with Crippen LogP contribution < -0.4 is 0 Å². The molecule has 0 spiro atoms. The molecular weight excluding hydrogens is 372 g/mol. The molecule has 28 heavy (non-hydrogen) atoms. The summed E-state index contributed by atoms with van der Waals surface area (Å²) in [6, 6.07) is 0. The van der Waals surface area contributed by atoms with Gasteiger partial charge in [0.25, 0.3) is 0 Å². The van der Waals surface area contributed by atoms with Crippen molar-refractivity contribution in [3.8, 4) is 0 Å². The minimum absolute atomic E-state index is 0.0449. The number of ether oxygens (including phenoxy) is 7. The molecule has 0 aromatic heterocycles. The van der Waals surface area contributed by atoms with Crippen LogP contribution in [0.15, 0.2) is 0 Å². The highest BCUT2D eigenvalue weighted by atomic mass is 16.6. The van der Waals surface area contributed by atoms with Crippen LogP contribution in [-0.2, 0) is 38.0 Å². The second-order valence-corrected chi connectivity index (χ2v) is 6.02. The van der Waals surface area contributed by atoms with E-state index >= 15 is 0 Å². The van der Waals surface area contributed by atoms with Crippen molar-refractivity contribution in [2.75, 3.05) is 86.4 Å². The van der Waals surface area contributed by atoms with Gasteiger partial charge in [0.15, 0.2) is 0 Å². The lowest BCUT2D eigenvalue weighted by Gasteiger charge is -2.12. The maximum absolute atomic E-state index is 10.4. The lowest BCUT2D eigenvalue weighted by molar-refractivity contribution is -0.137. The molecule has 9 heteroatoms. The Kier molecular flexibility index (Phi) is 21.8. The SMILES string of the molecule is COCCOCCOCCOCCOCCOCCOC(C)CCCC(=O)O. The third-order valence-electron chi connectivity index (χ3n) is 3.55. The van der Waals surface area contributed by atoms with Gasteiger partial charge in [0.1, 0.15) is 0 Å². The number of carbonyl (C=O) groups is 1. The zero-order valence-electron chi connectivity index (χ0n) is 17.4. The number of hydrogen-bond donors (Lipinski definition) is 1. The Morgan fingerprint density at radius 1 is 0.714 bits per heavy atom. The molecule has 1 unspecified atom stereocenters. The number of hydrogen-bond acceptors (Lipinski definition) is 8. The molecule has 0 saturated carbocycles. The van der Waals surface area contributed by atoms with Crippen LogP contribution in [0, 0.1) is 0 Å². The van der Waals surface area contributed by atoms with Gasteiger partial charge in [-0.05, 0) is 19.8 Å². The number of aliphatic carboxylic acids is 1. The number of methoxy groups -OCH3 is 1. The van der Waals surface area contributed by atoms with Crippen molar-refractivity contribution in [1.82, 2.24) is 0 Å². The molecule has 0 amide bonds. The Labute approximate surface area is 168 Å². The van der Waals surface area contributed by atoms with Crippen molar-refractivity contribution in [2.24, 2.45) is 0 Å². The second kappa shape index (κ2) is 22.5. The highest BCUT2D eigenvalue weighted by Gasteiger charge is 2.04. The molecular formula is C19H38O9. The highest BCUT2D eigenvalue weighted by molar-refractivity contribution is 5.66. The van der Waals surface area contributed by atoms with E-state index in [1.165, 1.54) is 0 Å². The molecule has 9 nitrogen and oxygen atoms in total. The van der Waals surface area contributed by atoms with Crippen LogP contribution in [0.1, 0.15) is 26.2 Å². The Hall–Kier alpha value is -0.810. The molecule has 0 saturated heterocycles. The van der Waals surface area contributed by atoms with E-state index in [0.29, 0.717) is 85.7 Å². The average molecular weight is 411 g/mol. The molecule has 0 aromatic rings. The zero-order chi connectivity index (χ0) is 20.7. The summed E-state index contributed by atoms with van der Waals surface area (Å²) >= 11 is 0. The fraction of sp³-hybridized carbons (Fsp3) is 0.947. The molecule has 0 aromatic carbocycles. The van der Waals surface area contributed by atoms with E-state index in [2.05, 4.69) is 0 Å². The maximum Gasteiger partial charge on any atom is 0.303 e. The Bertz CT molecular complexity index is 329. The van der Waals surface area contributed by atoms with E-state index in [1.54, 1.807) is 7.11 Å². The standard InChI is InChI=1S/C19H38O9/c1-18(4-3-5-19(20)21)28-17-16-27-15-14-26-13-12-25-11-10-24-9-8-23-7-6-22-2/h18H,3-17H2,1-2H3,(H,20,21). The normalized spacial score (nSPS) is 12.4. The van der Waals surface area contributed by atoms with Crippen molar-refractivity contribution in [2.45, 2.75) is 32.3 Å². The largest absolute Gasteiger partial charge is 0.481 e. The molecule has 0 aliphatic rings. The third kappa shape index (κ3) is 23.2. The fourth-order valence-electron chi connectivity index (χ4n) is 2.06. The predicted molar refractivity (Wildman–Crippen MR) is 103 cm³/mol. The first-order chi connectivity index (χ1) is 13.7. The van der Waals surface area contributed by atoms with Crippen LogP contribution in [0.3, 0.4) is 0 Å². The maximum atomic E-state index is 10.4. The van der Waals surface area contributed by atoms with Gasteiger partial charge in [-0.1, -0.05) is 0 Å². The summed E-state index contributed by atoms with van der Waals surface area (Å²) in [5, 5.41) is 8.57. The Morgan fingerprint density at radius 3 is 1.50 bits per heavy atom. The Morgan fingerprint density at radius 2 is 1.11 bits per heavy atom. The third-order valence-corrected chi connectivity index (χ3v) is 3.55. The lowest BCUT2D eigenvalue weighted by Crippen LogP contribution is -2.16. The fourth-order valence-corrected chi connectivity index (χ4v) is 2.06. The van der Waals surface area contributed by atoms with Gasteiger partial charge in [-0.3, -0.25) is 4.79 Å². The van der Waals surface area contributed by atoms with E-state index < -0.39 is 5.97 Å². The second-order valence-electron chi connectivity index (χ2n) is 6.02. The van der Waals surface area contributed by atoms with E-state index in [-0.39, 0.29) is 12.5 Å². The van der Waals surface area contributed by atoms with Crippen molar-refractivity contribution in [3.05, 3.63) is 0 Å². The highest BCUT2D eigenvalue weighted by Crippen LogP contribution is 2.04. The lowest BCUT2D eigenvalue weighted by atomic mass is 10.2. The van der Waals surface area contributed by atoms with Gasteiger partial charge in [0, 0.05) is 13.5 Å². The van der Waals surface area contributed by atoms with Crippen LogP contribution in [0.4, 0.5) is 0 Å². The van der Waals surface area contributed by atoms with Gasteiger partial charge in [-0.15, -0.1) is 0 Å². The minimum atomic E-state index is -0.770. The molecule has 0 radical (unpaired) electrons. The van der Waals surface area contributed by atoms with E-state index in [1.807, 2.05) is 6.92 Å². The summed E-state index contributed by atoms with van der Waals surface area (Å²) in [6.07, 6.45) is 1.59. The van der Waals surface area contributed by atoms with Crippen LogP contribution in [-0.4, -0.2) is 104 Å². The summed E-state index contributed by atoms with van der Waals surface area (Å²) in [4.78, 5) is 10.4. The first-order valence-corrected chi connectivity index (χ1v) is 9.87. The van der Waals surface area contributed by atoms with Crippen molar-refractivity contribution >= 4 is 5.97 Å². The van der Waals surface area contributed by atoms with Gasteiger partial charge < -0.3 is 38.3 Å². The van der Waals surface area contributed by atoms with E-state index in [4.69, 9.17) is 38.3 Å². The topological polar surface area (TPSA) is 102 Å². The molecule has 0 aliphatic heterocycles. The minimum Gasteiger partial charge on any atom is -0.481 e. The van der Waals surface area contributed by atoms with Gasteiger partial charge in [0.05, 0.1) is 85.4 Å². The number of carboxylic acid groups (broad SMARTS) is 1. The molecule has 0 aliphatic carbocycles. The molecule has 0 fully saturated rings. The van der Waals surface area contributed by atoms with Gasteiger partial charge in [0.2, 0.25) is 0 Å². The molecule has 1 N–H and O–H groups in total. The first kappa shape index (κ1) is 27.2. The average Bonchev–Trinajstić information content (AvgIpc) is 2.66. The summed E-state index contributed by atoms with van der Waals surface area (Å²) in [5.41, 5.74) is 0. The smallest absolute Gasteiger partial charge is 0.303 e. The van der Waals surface area contributed by atoms with E-state index in [0.717, 1.165) is 6.42 Å². The number of carboxylic acids is 1. The number of rotatable bonds is 23. The predicted octanol–water partition coefficient (Wildman–Crippen LogP) is 1.38. The molecule has 0 bridgehead atoms. The molecule has 0 rings (SSSR count). The zero-order valence-corrected chi connectivity index (χ0v) is 17.4. The van der Waals surface area contributed by atoms with Crippen molar-refractivity contribution < 1.29 is 43.1 Å². The summed E-state index contributed by atoms with van der Waals surface area (Å²) in [6.45, 7) is 8.31. The van der Waals surface area contributed by atoms with Crippen molar-refractivity contribution in [3.63, 3.8) is 0 Å². The molecule has 168 valence electrons. The molecule has 1 atom stereocenters. The van der Waals surface area contributed by atoms with Gasteiger partial charge in [-0.25, -0.2) is 0 Å². The molecule has 0 heterocycles.